The SMILES string of the molecule is CC[C@@H]1O[C@@H]2c3cc(C(=O)O)ccc3OC(C)(C)[C@H]2C[C@@H]1c1cccc(Cl)c1. The lowest BCUT2D eigenvalue weighted by Gasteiger charge is -2.51. The molecule has 2 aromatic carbocycles. The number of carbonyl (C=O) groups is 1. The van der Waals surface area contributed by atoms with Crippen LogP contribution in [0, 0.1) is 5.92 Å². The zero-order valence-electron chi connectivity index (χ0n) is 16.3. The highest BCUT2D eigenvalue weighted by atomic mass is 35.5. The third-order valence-corrected chi connectivity index (χ3v) is 6.39. The Kier molecular flexibility index (Phi) is 4.88. The summed E-state index contributed by atoms with van der Waals surface area (Å²) in [5, 5.41) is 10.1. The smallest absolute Gasteiger partial charge is 0.335 e. The van der Waals surface area contributed by atoms with Crippen molar-refractivity contribution in [2.45, 2.75) is 57.3 Å². The Bertz CT molecular complexity index is 907. The number of halogens is 1. The van der Waals surface area contributed by atoms with Gasteiger partial charge in [0.2, 0.25) is 0 Å². The average molecular weight is 401 g/mol. The van der Waals surface area contributed by atoms with Crippen LogP contribution in [0.5, 0.6) is 5.75 Å². The van der Waals surface area contributed by atoms with Gasteiger partial charge in [0.15, 0.2) is 0 Å². The van der Waals surface area contributed by atoms with Gasteiger partial charge in [0, 0.05) is 22.4 Å². The summed E-state index contributed by atoms with van der Waals surface area (Å²) in [6, 6.07) is 13.0. The minimum atomic E-state index is -0.941. The first-order valence-corrected chi connectivity index (χ1v) is 10.1. The van der Waals surface area contributed by atoms with Crippen LogP contribution in [-0.4, -0.2) is 22.8 Å². The molecule has 0 unspecified atom stereocenters. The van der Waals surface area contributed by atoms with Gasteiger partial charge in [-0.1, -0.05) is 30.7 Å². The molecule has 148 valence electrons. The second-order valence-electron chi connectivity index (χ2n) is 8.27. The van der Waals surface area contributed by atoms with Crippen LogP contribution in [0.2, 0.25) is 5.02 Å². The lowest BCUT2D eigenvalue weighted by atomic mass is 9.70. The monoisotopic (exact) mass is 400 g/mol. The van der Waals surface area contributed by atoms with E-state index in [-0.39, 0.29) is 29.6 Å². The van der Waals surface area contributed by atoms with Crippen molar-refractivity contribution in [1.29, 1.82) is 0 Å². The van der Waals surface area contributed by atoms with Gasteiger partial charge in [0.1, 0.15) is 11.4 Å². The molecule has 2 aliphatic heterocycles. The maximum Gasteiger partial charge on any atom is 0.335 e. The standard InChI is InChI=1S/C23H25ClO4/c1-4-19-16(13-6-5-7-15(24)10-13)12-18-21(27-19)17-11-14(22(25)26)8-9-20(17)28-23(18,2)3/h5-11,16,18-19,21H,4,12H2,1-3H3,(H,25,26)/t16-,18+,19+,21-/m1/s1. The van der Waals surface area contributed by atoms with Crippen LogP contribution in [0.1, 0.15) is 67.1 Å². The molecule has 2 heterocycles. The molecule has 0 aromatic heterocycles. The zero-order valence-corrected chi connectivity index (χ0v) is 17.1. The molecular weight excluding hydrogens is 376 g/mol. The number of benzene rings is 2. The first-order valence-electron chi connectivity index (χ1n) is 9.77. The molecule has 0 bridgehead atoms. The summed E-state index contributed by atoms with van der Waals surface area (Å²) in [6.07, 6.45) is 1.62. The number of aromatic carboxylic acids is 1. The van der Waals surface area contributed by atoms with Gasteiger partial charge >= 0.3 is 5.97 Å². The summed E-state index contributed by atoms with van der Waals surface area (Å²) < 4.78 is 12.9. The number of hydrogen-bond donors (Lipinski definition) is 1. The average Bonchev–Trinajstić information content (AvgIpc) is 2.66. The third kappa shape index (κ3) is 3.29. The number of fused-ring (bicyclic) bond motifs is 3. The molecule has 2 aromatic rings. The fraction of sp³-hybridized carbons (Fsp3) is 0.435. The van der Waals surface area contributed by atoms with E-state index in [1.165, 1.54) is 5.56 Å². The summed E-state index contributed by atoms with van der Waals surface area (Å²) >= 11 is 6.24. The molecule has 4 rings (SSSR count). The predicted octanol–water partition coefficient (Wildman–Crippen LogP) is 5.85. The molecule has 1 N–H and O–H groups in total. The van der Waals surface area contributed by atoms with E-state index in [0.29, 0.717) is 5.75 Å². The van der Waals surface area contributed by atoms with Gasteiger partial charge in [0.25, 0.3) is 0 Å². The van der Waals surface area contributed by atoms with Crippen LogP contribution in [-0.2, 0) is 4.74 Å². The van der Waals surface area contributed by atoms with Gasteiger partial charge in [-0.25, -0.2) is 4.79 Å². The van der Waals surface area contributed by atoms with Crippen LogP contribution >= 0.6 is 11.6 Å². The van der Waals surface area contributed by atoms with Crippen LogP contribution in [0.4, 0.5) is 0 Å². The van der Waals surface area contributed by atoms with Gasteiger partial charge in [-0.2, -0.15) is 0 Å². The van der Waals surface area contributed by atoms with E-state index in [4.69, 9.17) is 21.1 Å². The van der Waals surface area contributed by atoms with E-state index in [1.54, 1.807) is 18.2 Å². The molecular formula is C23H25ClO4. The lowest BCUT2D eigenvalue weighted by molar-refractivity contribution is -0.159. The molecule has 1 saturated heterocycles. The van der Waals surface area contributed by atoms with E-state index in [0.717, 1.165) is 23.4 Å². The lowest BCUT2D eigenvalue weighted by Crippen LogP contribution is -2.50. The molecule has 0 aliphatic carbocycles. The van der Waals surface area contributed by atoms with Crippen molar-refractivity contribution in [2.24, 2.45) is 5.92 Å². The van der Waals surface area contributed by atoms with E-state index < -0.39 is 11.6 Å². The van der Waals surface area contributed by atoms with Crippen LogP contribution in [0.3, 0.4) is 0 Å². The van der Waals surface area contributed by atoms with Crippen molar-refractivity contribution in [2.75, 3.05) is 0 Å². The number of carboxylic acid groups (broad SMARTS) is 1. The first kappa shape index (κ1) is 19.3. The molecule has 0 amide bonds. The summed E-state index contributed by atoms with van der Waals surface area (Å²) in [6.45, 7) is 6.30. The minimum Gasteiger partial charge on any atom is -0.487 e. The van der Waals surface area contributed by atoms with Crippen LogP contribution in [0.25, 0.3) is 0 Å². The minimum absolute atomic E-state index is 0.0370. The highest BCUT2D eigenvalue weighted by Crippen LogP contribution is 2.54. The maximum absolute atomic E-state index is 11.5. The fourth-order valence-electron chi connectivity index (χ4n) is 4.69. The second kappa shape index (κ2) is 7.09. The fourth-order valence-corrected chi connectivity index (χ4v) is 4.89. The first-order chi connectivity index (χ1) is 13.3. The summed E-state index contributed by atoms with van der Waals surface area (Å²) in [4.78, 5) is 11.5. The molecule has 5 heteroatoms. The van der Waals surface area contributed by atoms with Crippen molar-refractivity contribution in [1.82, 2.24) is 0 Å². The molecule has 28 heavy (non-hydrogen) atoms. The Morgan fingerprint density at radius 1 is 1.25 bits per heavy atom. The Balaban J connectivity index is 1.75. The van der Waals surface area contributed by atoms with E-state index in [1.807, 2.05) is 18.2 Å². The highest BCUT2D eigenvalue weighted by molar-refractivity contribution is 6.30. The van der Waals surface area contributed by atoms with Crippen molar-refractivity contribution >= 4 is 17.6 Å². The van der Waals surface area contributed by atoms with E-state index in [9.17, 15) is 9.90 Å². The summed E-state index contributed by atoms with van der Waals surface area (Å²) in [7, 11) is 0. The predicted molar refractivity (Wildman–Crippen MR) is 108 cm³/mol. The number of rotatable bonds is 3. The van der Waals surface area contributed by atoms with E-state index >= 15 is 0 Å². The Morgan fingerprint density at radius 3 is 2.71 bits per heavy atom. The van der Waals surface area contributed by atoms with Crippen molar-refractivity contribution in [3.05, 3.63) is 64.2 Å². The largest absolute Gasteiger partial charge is 0.487 e. The molecule has 0 radical (unpaired) electrons. The number of ether oxygens (including phenoxy) is 2. The zero-order chi connectivity index (χ0) is 20.1. The quantitative estimate of drug-likeness (QED) is 0.702. The third-order valence-electron chi connectivity index (χ3n) is 6.15. The van der Waals surface area contributed by atoms with Gasteiger partial charge in [-0.3, -0.25) is 0 Å². The molecule has 2 aliphatic rings. The van der Waals surface area contributed by atoms with Crippen molar-refractivity contribution in [3.63, 3.8) is 0 Å². The highest BCUT2D eigenvalue weighted by Gasteiger charge is 2.50. The van der Waals surface area contributed by atoms with Crippen molar-refractivity contribution in [3.8, 4) is 5.75 Å². The Hall–Kier alpha value is -2.04. The molecule has 4 atom stereocenters. The number of hydrogen-bond acceptors (Lipinski definition) is 3. The number of carboxylic acids is 1. The second-order valence-corrected chi connectivity index (χ2v) is 8.71. The van der Waals surface area contributed by atoms with Gasteiger partial charge < -0.3 is 14.6 Å². The van der Waals surface area contributed by atoms with Gasteiger partial charge in [-0.05, 0) is 62.6 Å². The van der Waals surface area contributed by atoms with Crippen LogP contribution in [0.15, 0.2) is 42.5 Å². The maximum atomic E-state index is 11.5. The Labute approximate surface area is 170 Å². The molecule has 4 nitrogen and oxygen atoms in total. The summed E-state index contributed by atoms with van der Waals surface area (Å²) in [5.41, 5.74) is 1.86. The molecule has 0 saturated carbocycles. The van der Waals surface area contributed by atoms with Gasteiger partial charge in [-0.15, -0.1) is 0 Å². The van der Waals surface area contributed by atoms with Crippen molar-refractivity contribution < 1.29 is 19.4 Å². The van der Waals surface area contributed by atoms with Crippen LogP contribution < -0.4 is 4.74 Å². The normalized spacial score (nSPS) is 28.0. The summed E-state index contributed by atoms with van der Waals surface area (Å²) in [5.74, 6) is 0.101. The molecule has 0 spiro atoms. The van der Waals surface area contributed by atoms with Gasteiger partial charge in [0.05, 0.1) is 17.8 Å². The topological polar surface area (TPSA) is 55.8 Å². The van der Waals surface area contributed by atoms with E-state index in [2.05, 4.69) is 26.8 Å². The Morgan fingerprint density at radius 2 is 2.04 bits per heavy atom. The molecule has 1 fully saturated rings.